The number of carbonyl (C=O) groups is 1. The predicted octanol–water partition coefficient (Wildman–Crippen LogP) is 4.62. The normalized spacial score (nSPS) is 21.7. The van der Waals surface area contributed by atoms with Gasteiger partial charge in [0.15, 0.2) is 0 Å². The zero-order chi connectivity index (χ0) is 16.0. The summed E-state index contributed by atoms with van der Waals surface area (Å²) in [5, 5.41) is 2.95. The van der Waals surface area contributed by atoms with Crippen LogP contribution in [-0.2, 0) is 4.79 Å². The van der Waals surface area contributed by atoms with Crippen molar-refractivity contribution in [3.8, 4) is 5.75 Å². The minimum absolute atomic E-state index is 0.0153. The van der Waals surface area contributed by atoms with Gasteiger partial charge in [-0.3, -0.25) is 4.79 Å². The van der Waals surface area contributed by atoms with Crippen LogP contribution in [0, 0.1) is 0 Å². The number of rotatable bonds is 2. The fourth-order valence-corrected chi connectivity index (χ4v) is 3.94. The van der Waals surface area contributed by atoms with Crippen LogP contribution in [0.3, 0.4) is 0 Å². The summed E-state index contributed by atoms with van der Waals surface area (Å²) in [5.41, 5.74) is 8.40. The number of nitrogens with one attached hydrogen (secondary N) is 1. The van der Waals surface area contributed by atoms with E-state index in [0.717, 1.165) is 29.0 Å². The Labute approximate surface area is 136 Å². The molecule has 0 fully saturated rings. The van der Waals surface area contributed by atoms with Crippen molar-refractivity contribution in [2.24, 2.45) is 0 Å². The molecule has 3 heteroatoms. The van der Waals surface area contributed by atoms with Crippen LogP contribution in [-0.4, -0.2) is 13.0 Å². The Balaban J connectivity index is 1.73. The number of anilines is 1. The quantitative estimate of drug-likeness (QED) is 0.810. The summed E-state index contributed by atoms with van der Waals surface area (Å²) in [6, 6.07) is 5.73. The van der Waals surface area contributed by atoms with Gasteiger partial charge in [0.05, 0.1) is 7.11 Å². The summed E-state index contributed by atoms with van der Waals surface area (Å²) in [4.78, 5) is 12.4. The molecule has 0 unspecified atom stereocenters. The molecule has 0 bridgehead atoms. The molecule has 1 amide bonds. The Morgan fingerprint density at radius 3 is 2.83 bits per heavy atom. The van der Waals surface area contributed by atoms with Crippen LogP contribution in [0.15, 0.2) is 46.6 Å². The Kier molecular flexibility index (Phi) is 3.37. The van der Waals surface area contributed by atoms with Crippen molar-refractivity contribution in [1.29, 1.82) is 0 Å². The second-order valence-corrected chi connectivity index (χ2v) is 6.54. The van der Waals surface area contributed by atoms with E-state index in [0.29, 0.717) is 0 Å². The molecule has 3 aliphatic rings. The highest BCUT2D eigenvalue weighted by Gasteiger charge is 2.27. The molecule has 0 saturated heterocycles. The lowest BCUT2D eigenvalue weighted by atomic mass is 9.91. The van der Waals surface area contributed by atoms with Gasteiger partial charge in [-0.05, 0) is 80.0 Å². The van der Waals surface area contributed by atoms with Crippen LogP contribution in [0.4, 0.5) is 5.69 Å². The molecule has 118 valence electrons. The topological polar surface area (TPSA) is 38.3 Å². The molecule has 1 heterocycles. The number of carbonyl (C=O) groups excluding carboxylic acids is 1. The summed E-state index contributed by atoms with van der Waals surface area (Å²) in [6.45, 7) is 2.21. The largest absolute Gasteiger partial charge is 0.497 e. The summed E-state index contributed by atoms with van der Waals surface area (Å²) >= 11 is 0. The van der Waals surface area contributed by atoms with E-state index < -0.39 is 0 Å². The average molecular weight is 307 g/mol. The fourth-order valence-electron chi connectivity index (χ4n) is 3.94. The van der Waals surface area contributed by atoms with Crippen molar-refractivity contribution in [3.05, 3.63) is 52.1 Å². The first kappa shape index (κ1) is 14.3. The number of methoxy groups -OCH3 is 1. The van der Waals surface area contributed by atoms with E-state index in [1.165, 1.54) is 36.8 Å². The number of allylic oxidation sites excluding steroid dienone is 5. The van der Waals surface area contributed by atoms with Crippen LogP contribution < -0.4 is 10.1 Å². The summed E-state index contributed by atoms with van der Waals surface area (Å²) in [7, 11) is 1.65. The van der Waals surface area contributed by atoms with Crippen LogP contribution >= 0.6 is 0 Å². The van der Waals surface area contributed by atoms with Crippen molar-refractivity contribution >= 4 is 17.2 Å². The minimum Gasteiger partial charge on any atom is -0.497 e. The smallest absolute Gasteiger partial charge is 0.256 e. The molecule has 3 nitrogen and oxygen atoms in total. The van der Waals surface area contributed by atoms with E-state index in [9.17, 15) is 4.79 Å². The third-order valence-electron chi connectivity index (χ3n) is 5.25. The summed E-state index contributed by atoms with van der Waals surface area (Å²) in [5.74, 6) is 0.763. The predicted molar refractivity (Wildman–Crippen MR) is 92.4 cm³/mol. The summed E-state index contributed by atoms with van der Waals surface area (Å²) < 4.78 is 5.30. The van der Waals surface area contributed by atoms with Crippen molar-refractivity contribution < 1.29 is 9.53 Å². The second-order valence-electron chi connectivity index (χ2n) is 6.54. The molecule has 1 aliphatic heterocycles. The molecule has 1 N–H and O–H groups in total. The summed E-state index contributed by atoms with van der Waals surface area (Å²) in [6.07, 6.45) is 8.11. The van der Waals surface area contributed by atoms with E-state index in [1.54, 1.807) is 18.3 Å². The van der Waals surface area contributed by atoms with Gasteiger partial charge in [0.25, 0.3) is 5.91 Å². The lowest BCUT2D eigenvalue weighted by Crippen LogP contribution is -2.04. The lowest BCUT2D eigenvalue weighted by molar-refractivity contribution is -0.110. The third-order valence-corrected chi connectivity index (χ3v) is 5.25. The Bertz CT molecular complexity index is 796. The number of fused-ring (bicyclic) bond motifs is 1. The molecular weight excluding hydrogens is 286 g/mol. The molecular formula is C20H21NO2. The van der Waals surface area contributed by atoms with Crippen LogP contribution in [0.2, 0.25) is 0 Å². The van der Waals surface area contributed by atoms with E-state index in [1.807, 2.05) is 18.2 Å². The molecule has 0 radical (unpaired) electrons. The molecule has 2 aliphatic carbocycles. The van der Waals surface area contributed by atoms with E-state index in [4.69, 9.17) is 4.74 Å². The Hall–Kier alpha value is -2.29. The first-order valence-corrected chi connectivity index (χ1v) is 8.30. The Morgan fingerprint density at radius 1 is 1.22 bits per heavy atom. The zero-order valence-electron chi connectivity index (χ0n) is 13.7. The maximum absolute atomic E-state index is 12.4. The van der Waals surface area contributed by atoms with E-state index >= 15 is 0 Å². The molecule has 0 atom stereocenters. The lowest BCUT2D eigenvalue weighted by Gasteiger charge is -2.14. The van der Waals surface area contributed by atoms with Gasteiger partial charge in [-0.1, -0.05) is 5.57 Å². The van der Waals surface area contributed by atoms with Gasteiger partial charge in [-0.25, -0.2) is 0 Å². The Morgan fingerprint density at radius 2 is 2.04 bits per heavy atom. The van der Waals surface area contributed by atoms with Gasteiger partial charge in [-0.2, -0.15) is 0 Å². The van der Waals surface area contributed by atoms with Gasteiger partial charge in [0.1, 0.15) is 5.75 Å². The highest BCUT2D eigenvalue weighted by atomic mass is 16.5. The van der Waals surface area contributed by atoms with Crippen molar-refractivity contribution in [2.75, 3.05) is 12.4 Å². The van der Waals surface area contributed by atoms with Crippen molar-refractivity contribution in [2.45, 2.75) is 39.0 Å². The van der Waals surface area contributed by atoms with Crippen LogP contribution in [0.1, 0.15) is 44.6 Å². The van der Waals surface area contributed by atoms with Gasteiger partial charge in [0.2, 0.25) is 0 Å². The van der Waals surface area contributed by atoms with E-state index in [2.05, 4.69) is 18.3 Å². The molecule has 0 spiro atoms. The molecule has 1 aromatic carbocycles. The first-order valence-electron chi connectivity index (χ1n) is 8.30. The van der Waals surface area contributed by atoms with Gasteiger partial charge in [0, 0.05) is 16.8 Å². The maximum Gasteiger partial charge on any atom is 0.256 e. The first-order chi connectivity index (χ1) is 11.2. The van der Waals surface area contributed by atoms with Crippen molar-refractivity contribution in [3.63, 3.8) is 0 Å². The number of ether oxygens (including phenoxy) is 1. The minimum atomic E-state index is -0.0153. The second kappa shape index (κ2) is 5.41. The van der Waals surface area contributed by atoms with Gasteiger partial charge < -0.3 is 10.1 Å². The van der Waals surface area contributed by atoms with Gasteiger partial charge >= 0.3 is 0 Å². The monoisotopic (exact) mass is 307 g/mol. The van der Waals surface area contributed by atoms with Crippen LogP contribution in [0.25, 0.3) is 5.57 Å². The number of amides is 1. The number of hydrogen-bond donors (Lipinski definition) is 1. The van der Waals surface area contributed by atoms with Gasteiger partial charge in [-0.15, -0.1) is 0 Å². The van der Waals surface area contributed by atoms with E-state index in [-0.39, 0.29) is 5.91 Å². The molecule has 4 rings (SSSR count). The van der Waals surface area contributed by atoms with Crippen LogP contribution in [0.5, 0.6) is 5.75 Å². The SMILES string of the molecule is COc1ccc2c(c1)C(=CC1=C(C)C3=C(CCCC3)C1)C(=O)N2. The number of benzene rings is 1. The standard InChI is InChI=1S/C20H21NO2/c1-12-14(9-13-5-3-4-6-16(12)13)10-18-17-11-15(23-2)7-8-19(17)21-20(18)22/h7-8,10-11H,3-6,9H2,1-2H3,(H,21,22). The fraction of sp³-hybridized carbons (Fsp3) is 0.350. The molecule has 0 saturated carbocycles. The molecule has 0 aromatic heterocycles. The highest BCUT2D eigenvalue weighted by Crippen LogP contribution is 2.43. The highest BCUT2D eigenvalue weighted by molar-refractivity contribution is 6.32. The zero-order valence-corrected chi connectivity index (χ0v) is 13.7. The number of hydrogen-bond acceptors (Lipinski definition) is 2. The third kappa shape index (κ3) is 2.31. The average Bonchev–Trinajstić information content (AvgIpc) is 3.05. The maximum atomic E-state index is 12.4. The molecule has 1 aromatic rings. The van der Waals surface area contributed by atoms with Crippen molar-refractivity contribution in [1.82, 2.24) is 0 Å². The molecule has 23 heavy (non-hydrogen) atoms.